The zero-order valence-corrected chi connectivity index (χ0v) is 16.0. The second-order valence-corrected chi connectivity index (χ2v) is 7.88. The van der Waals surface area contributed by atoms with E-state index in [-0.39, 0.29) is 0 Å². The van der Waals surface area contributed by atoms with Crippen molar-refractivity contribution in [2.75, 3.05) is 0 Å². The SMILES string of the molecule is Cc1ccc(-c2ccc3c4c(c5ccccc5c3c2)C(C)CCC=C4)cc1. The highest BCUT2D eigenvalue weighted by molar-refractivity contribution is 6.14. The molecule has 1 unspecified atom stereocenters. The molecule has 5 rings (SSSR count). The molecule has 0 fully saturated rings. The second kappa shape index (κ2) is 6.39. The third-order valence-electron chi connectivity index (χ3n) is 6.04. The fraction of sp³-hybridized carbons (Fsp3) is 0.185. The highest BCUT2D eigenvalue weighted by atomic mass is 14.2. The van der Waals surface area contributed by atoms with Crippen molar-refractivity contribution in [3.05, 3.63) is 89.5 Å². The van der Waals surface area contributed by atoms with Crippen LogP contribution in [0.1, 0.15) is 42.4 Å². The first kappa shape index (κ1) is 16.3. The van der Waals surface area contributed by atoms with E-state index in [1.807, 2.05) is 0 Å². The first-order chi connectivity index (χ1) is 13.2. The largest absolute Gasteiger partial charge is 0.0839 e. The predicted octanol–water partition coefficient (Wildman–Crippen LogP) is 7.88. The summed E-state index contributed by atoms with van der Waals surface area (Å²) in [4.78, 5) is 0. The third-order valence-corrected chi connectivity index (χ3v) is 6.04. The summed E-state index contributed by atoms with van der Waals surface area (Å²) in [5.41, 5.74) is 6.82. The molecule has 0 aliphatic heterocycles. The molecule has 1 aliphatic carbocycles. The van der Waals surface area contributed by atoms with E-state index in [0.717, 1.165) is 6.42 Å². The van der Waals surface area contributed by atoms with Crippen LogP contribution in [-0.4, -0.2) is 0 Å². The molecule has 0 heteroatoms. The summed E-state index contributed by atoms with van der Waals surface area (Å²) in [5, 5.41) is 5.54. The molecule has 0 aromatic heterocycles. The highest BCUT2D eigenvalue weighted by Crippen LogP contribution is 2.41. The van der Waals surface area contributed by atoms with Crippen molar-refractivity contribution in [1.82, 2.24) is 0 Å². The van der Waals surface area contributed by atoms with Crippen LogP contribution in [0.15, 0.2) is 72.8 Å². The lowest BCUT2D eigenvalue weighted by atomic mass is 9.84. The minimum absolute atomic E-state index is 0.584. The van der Waals surface area contributed by atoms with Gasteiger partial charge in [-0.15, -0.1) is 0 Å². The van der Waals surface area contributed by atoms with Crippen molar-refractivity contribution in [3.63, 3.8) is 0 Å². The minimum Gasteiger partial charge on any atom is -0.0839 e. The molecule has 0 radical (unpaired) electrons. The Balaban J connectivity index is 1.87. The van der Waals surface area contributed by atoms with Crippen molar-refractivity contribution in [3.8, 4) is 11.1 Å². The summed E-state index contributed by atoms with van der Waals surface area (Å²) in [6.45, 7) is 4.52. The van der Waals surface area contributed by atoms with Gasteiger partial charge in [0.2, 0.25) is 0 Å². The van der Waals surface area contributed by atoms with Gasteiger partial charge >= 0.3 is 0 Å². The number of fused-ring (bicyclic) bond motifs is 6. The third kappa shape index (κ3) is 2.68. The van der Waals surface area contributed by atoms with Crippen molar-refractivity contribution in [2.45, 2.75) is 32.6 Å². The van der Waals surface area contributed by atoms with E-state index in [2.05, 4.69) is 92.7 Å². The van der Waals surface area contributed by atoms with Crippen LogP contribution < -0.4 is 0 Å². The molecule has 0 heterocycles. The topological polar surface area (TPSA) is 0 Å². The van der Waals surface area contributed by atoms with Gasteiger partial charge < -0.3 is 0 Å². The summed E-state index contributed by atoms with van der Waals surface area (Å²) in [7, 11) is 0. The Labute approximate surface area is 161 Å². The summed E-state index contributed by atoms with van der Waals surface area (Å²) >= 11 is 0. The lowest BCUT2D eigenvalue weighted by molar-refractivity contribution is 0.701. The smallest absolute Gasteiger partial charge is 0.00930 e. The quantitative estimate of drug-likeness (QED) is 0.307. The molecule has 1 aliphatic rings. The number of hydrogen-bond donors (Lipinski definition) is 0. The number of allylic oxidation sites excluding steroid dienone is 1. The van der Waals surface area contributed by atoms with E-state index in [0.29, 0.717) is 5.92 Å². The molecular weight excluding hydrogens is 324 g/mol. The first-order valence-corrected chi connectivity index (χ1v) is 9.94. The second-order valence-electron chi connectivity index (χ2n) is 7.88. The van der Waals surface area contributed by atoms with Gasteiger partial charge in [0.25, 0.3) is 0 Å². The number of benzene rings is 4. The van der Waals surface area contributed by atoms with Crippen LogP contribution >= 0.6 is 0 Å². The summed E-state index contributed by atoms with van der Waals surface area (Å²) < 4.78 is 0. The zero-order valence-electron chi connectivity index (χ0n) is 16.0. The fourth-order valence-electron chi connectivity index (χ4n) is 4.57. The van der Waals surface area contributed by atoms with Crippen molar-refractivity contribution in [2.24, 2.45) is 0 Å². The van der Waals surface area contributed by atoms with E-state index in [9.17, 15) is 0 Å². The van der Waals surface area contributed by atoms with Gasteiger partial charge in [-0.3, -0.25) is 0 Å². The molecular formula is C27H24. The van der Waals surface area contributed by atoms with Crippen molar-refractivity contribution >= 4 is 27.6 Å². The highest BCUT2D eigenvalue weighted by Gasteiger charge is 2.19. The molecule has 27 heavy (non-hydrogen) atoms. The normalized spacial score (nSPS) is 16.4. The Kier molecular flexibility index (Phi) is 3.86. The van der Waals surface area contributed by atoms with Crippen LogP contribution in [0.2, 0.25) is 0 Å². The standard InChI is InChI=1S/C27H24/c1-18-11-13-20(14-12-18)21-15-16-23-25-9-4-3-7-19(2)27(25)24-10-6-5-8-22(24)26(23)17-21/h4-6,8-17,19H,3,7H2,1-2H3. The van der Waals surface area contributed by atoms with Gasteiger partial charge in [0.15, 0.2) is 0 Å². The first-order valence-electron chi connectivity index (χ1n) is 9.94. The van der Waals surface area contributed by atoms with E-state index in [4.69, 9.17) is 0 Å². The molecule has 0 saturated heterocycles. The van der Waals surface area contributed by atoms with Gasteiger partial charge in [-0.1, -0.05) is 85.3 Å². The molecule has 4 aromatic rings. The van der Waals surface area contributed by atoms with Crippen LogP contribution in [0, 0.1) is 6.92 Å². The van der Waals surface area contributed by atoms with Crippen LogP contribution in [0.5, 0.6) is 0 Å². The van der Waals surface area contributed by atoms with Crippen LogP contribution in [0.4, 0.5) is 0 Å². The lowest BCUT2D eigenvalue weighted by Crippen LogP contribution is -1.98. The van der Waals surface area contributed by atoms with Gasteiger partial charge in [-0.2, -0.15) is 0 Å². The molecule has 132 valence electrons. The van der Waals surface area contributed by atoms with Crippen molar-refractivity contribution < 1.29 is 0 Å². The Bertz CT molecular complexity index is 1180. The van der Waals surface area contributed by atoms with E-state index in [1.54, 1.807) is 0 Å². The van der Waals surface area contributed by atoms with Gasteiger partial charge in [0.05, 0.1) is 0 Å². The average Bonchev–Trinajstić information content (AvgIpc) is 2.90. The summed E-state index contributed by atoms with van der Waals surface area (Å²) in [5.74, 6) is 0.584. The summed E-state index contributed by atoms with van der Waals surface area (Å²) in [6.07, 6.45) is 7.09. The molecule has 0 nitrogen and oxygen atoms in total. The van der Waals surface area contributed by atoms with Gasteiger partial charge in [-0.25, -0.2) is 0 Å². The fourth-order valence-corrected chi connectivity index (χ4v) is 4.57. The molecule has 0 saturated carbocycles. The Morgan fingerprint density at radius 2 is 1.48 bits per heavy atom. The zero-order chi connectivity index (χ0) is 18.4. The maximum absolute atomic E-state index is 2.38. The number of aryl methyl sites for hydroxylation is 1. The van der Waals surface area contributed by atoms with Gasteiger partial charge in [0.1, 0.15) is 0 Å². The van der Waals surface area contributed by atoms with E-state index >= 15 is 0 Å². The van der Waals surface area contributed by atoms with E-state index in [1.165, 1.54) is 55.8 Å². The minimum atomic E-state index is 0.584. The van der Waals surface area contributed by atoms with Gasteiger partial charge in [0, 0.05) is 0 Å². The van der Waals surface area contributed by atoms with Crippen LogP contribution in [0.25, 0.3) is 38.7 Å². The predicted molar refractivity (Wildman–Crippen MR) is 118 cm³/mol. The number of hydrogen-bond acceptors (Lipinski definition) is 0. The average molecular weight is 348 g/mol. The molecule has 0 amide bonds. The van der Waals surface area contributed by atoms with E-state index < -0.39 is 0 Å². The molecule has 1 atom stereocenters. The molecule has 0 N–H and O–H groups in total. The maximum Gasteiger partial charge on any atom is -0.00930 e. The van der Waals surface area contributed by atoms with Crippen LogP contribution in [-0.2, 0) is 0 Å². The lowest BCUT2D eigenvalue weighted by Gasteiger charge is -2.19. The van der Waals surface area contributed by atoms with Crippen LogP contribution in [0.3, 0.4) is 0 Å². The number of rotatable bonds is 1. The summed E-state index contributed by atoms with van der Waals surface area (Å²) in [6, 6.07) is 24.8. The monoisotopic (exact) mass is 348 g/mol. The van der Waals surface area contributed by atoms with Crippen molar-refractivity contribution in [1.29, 1.82) is 0 Å². The Morgan fingerprint density at radius 1 is 0.741 bits per heavy atom. The van der Waals surface area contributed by atoms with Gasteiger partial charge in [-0.05, 0) is 75.5 Å². The maximum atomic E-state index is 2.38. The molecule has 0 spiro atoms. The Morgan fingerprint density at radius 3 is 2.30 bits per heavy atom. The Hall–Kier alpha value is -2.86. The molecule has 0 bridgehead atoms. The molecule has 4 aromatic carbocycles.